The maximum Gasteiger partial charge on any atom is 0.254 e. The van der Waals surface area contributed by atoms with E-state index < -0.39 is 5.92 Å². The van der Waals surface area contributed by atoms with Gasteiger partial charge in [0.2, 0.25) is 5.91 Å². The molecule has 0 spiro atoms. The molecule has 2 unspecified atom stereocenters. The van der Waals surface area contributed by atoms with E-state index in [1.165, 1.54) is 0 Å². The molecule has 2 atom stereocenters. The van der Waals surface area contributed by atoms with Gasteiger partial charge in [-0.05, 0) is 37.7 Å². The van der Waals surface area contributed by atoms with Crippen molar-refractivity contribution < 1.29 is 9.59 Å². The zero-order valence-corrected chi connectivity index (χ0v) is 20.0. The molecule has 0 radical (unpaired) electrons. The van der Waals surface area contributed by atoms with E-state index in [0.29, 0.717) is 12.1 Å². The van der Waals surface area contributed by atoms with Crippen LogP contribution in [0.1, 0.15) is 53.2 Å². The van der Waals surface area contributed by atoms with E-state index in [0.717, 1.165) is 48.0 Å². The number of likely N-dealkylation sites (N-methyl/N-ethyl adjacent to an activating group) is 2. The standard InChI is InChI=1S/C27H34N4O2/c1-5-6-16-29(2)17-15-28-26(32)24-20-12-7-8-13-21(20)27(33)31(4)25(24)22-18-30(3)23-14-10-9-11-19(22)23/h7-14,18,24-25H,5-6,15-17H2,1-4H3,(H,28,32). The fourth-order valence-electron chi connectivity index (χ4n) is 4.97. The highest BCUT2D eigenvalue weighted by molar-refractivity contribution is 6.02. The second-order valence-corrected chi connectivity index (χ2v) is 9.09. The molecule has 174 valence electrons. The molecule has 33 heavy (non-hydrogen) atoms. The zero-order valence-electron chi connectivity index (χ0n) is 20.0. The van der Waals surface area contributed by atoms with Crippen molar-refractivity contribution in [2.75, 3.05) is 33.7 Å². The summed E-state index contributed by atoms with van der Waals surface area (Å²) < 4.78 is 2.07. The fourth-order valence-corrected chi connectivity index (χ4v) is 4.97. The molecule has 3 aromatic rings. The van der Waals surface area contributed by atoms with Crippen molar-refractivity contribution in [3.8, 4) is 0 Å². The Hall–Kier alpha value is -3.12. The number of aromatic nitrogens is 1. The Kier molecular flexibility index (Phi) is 6.84. The smallest absolute Gasteiger partial charge is 0.254 e. The molecule has 6 heteroatoms. The van der Waals surface area contributed by atoms with Gasteiger partial charge in [0.25, 0.3) is 5.91 Å². The van der Waals surface area contributed by atoms with E-state index in [1.807, 2.05) is 50.5 Å². The minimum atomic E-state index is -0.476. The van der Waals surface area contributed by atoms with Crippen molar-refractivity contribution >= 4 is 22.7 Å². The van der Waals surface area contributed by atoms with Crippen LogP contribution in [0.4, 0.5) is 0 Å². The number of rotatable bonds is 8. The number of carbonyl (C=O) groups is 2. The Morgan fingerprint density at radius 1 is 1.03 bits per heavy atom. The number of benzene rings is 2. The summed E-state index contributed by atoms with van der Waals surface area (Å²) in [4.78, 5) is 30.9. The first-order chi connectivity index (χ1) is 15.9. The summed E-state index contributed by atoms with van der Waals surface area (Å²) in [7, 11) is 5.90. The predicted molar refractivity (Wildman–Crippen MR) is 132 cm³/mol. The van der Waals surface area contributed by atoms with E-state index >= 15 is 0 Å². The average molecular weight is 447 g/mol. The van der Waals surface area contributed by atoms with Gasteiger partial charge in [-0.15, -0.1) is 0 Å². The Balaban J connectivity index is 1.70. The largest absolute Gasteiger partial charge is 0.354 e. The van der Waals surface area contributed by atoms with Gasteiger partial charge in [0.05, 0.1) is 12.0 Å². The maximum absolute atomic E-state index is 13.7. The number of carbonyl (C=O) groups excluding carboxylic acids is 2. The maximum atomic E-state index is 13.7. The van der Waals surface area contributed by atoms with Gasteiger partial charge in [0.1, 0.15) is 0 Å². The van der Waals surface area contributed by atoms with Crippen LogP contribution in [0, 0.1) is 0 Å². The molecule has 2 aromatic carbocycles. The lowest BCUT2D eigenvalue weighted by Gasteiger charge is -2.39. The second kappa shape index (κ2) is 9.79. The molecule has 1 aromatic heterocycles. The van der Waals surface area contributed by atoms with E-state index in [2.05, 4.69) is 47.1 Å². The third-order valence-electron chi connectivity index (χ3n) is 6.79. The Morgan fingerprint density at radius 2 is 1.76 bits per heavy atom. The summed E-state index contributed by atoms with van der Waals surface area (Å²) in [5.41, 5.74) is 3.50. The summed E-state index contributed by atoms with van der Waals surface area (Å²) >= 11 is 0. The molecule has 0 saturated carbocycles. The molecule has 1 N–H and O–H groups in total. The van der Waals surface area contributed by atoms with Crippen molar-refractivity contribution in [2.24, 2.45) is 7.05 Å². The molecule has 2 heterocycles. The van der Waals surface area contributed by atoms with Crippen LogP contribution >= 0.6 is 0 Å². The molecule has 4 rings (SSSR count). The minimum absolute atomic E-state index is 0.0383. The van der Waals surface area contributed by atoms with Gasteiger partial charge < -0.3 is 19.7 Å². The number of para-hydroxylation sites is 1. The van der Waals surface area contributed by atoms with Crippen LogP contribution in [0.5, 0.6) is 0 Å². The monoisotopic (exact) mass is 446 g/mol. The SMILES string of the molecule is CCCCN(C)CCNC(=O)C1c2ccccc2C(=O)N(C)C1c1cn(C)c2ccccc12. The van der Waals surface area contributed by atoms with E-state index in [9.17, 15) is 9.59 Å². The highest BCUT2D eigenvalue weighted by Gasteiger charge is 2.43. The third kappa shape index (κ3) is 4.40. The molecule has 0 bridgehead atoms. The number of nitrogens with one attached hydrogen (secondary N) is 1. The van der Waals surface area contributed by atoms with Crippen LogP contribution in [0.25, 0.3) is 10.9 Å². The number of unbranched alkanes of at least 4 members (excludes halogenated alkanes) is 1. The number of fused-ring (bicyclic) bond motifs is 2. The number of hydrogen-bond acceptors (Lipinski definition) is 3. The van der Waals surface area contributed by atoms with Crippen molar-refractivity contribution in [2.45, 2.75) is 31.7 Å². The molecule has 6 nitrogen and oxygen atoms in total. The molecule has 1 aliphatic rings. The fraction of sp³-hybridized carbons (Fsp3) is 0.407. The number of amides is 2. The van der Waals surface area contributed by atoms with Crippen LogP contribution in [0.3, 0.4) is 0 Å². The van der Waals surface area contributed by atoms with Gasteiger partial charge >= 0.3 is 0 Å². The first kappa shape index (κ1) is 23.1. The average Bonchev–Trinajstić information content (AvgIpc) is 3.16. The lowest BCUT2D eigenvalue weighted by molar-refractivity contribution is -0.124. The van der Waals surface area contributed by atoms with Crippen molar-refractivity contribution in [1.29, 1.82) is 0 Å². The zero-order chi connectivity index (χ0) is 23.5. The lowest BCUT2D eigenvalue weighted by atomic mass is 9.79. The van der Waals surface area contributed by atoms with Crippen LogP contribution in [0.2, 0.25) is 0 Å². The van der Waals surface area contributed by atoms with Gasteiger partial charge in [-0.3, -0.25) is 9.59 Å². The van der Waals surface area contributed by atoms with Crippen molar-refractivity contribution in [1.82, 2.24) is 19.7 Å². The quantitative estimate of drug-likeness (QED) is 0.570. The molecule has 0 fully saturated rings. The van der Waals surface area contributed by atoms with Crippen LogP contribution in [-0.2, 0) is 11.8 Å². The highest BCUT2D eigenvalue weighted by Crippen LogP contribution is 2.44. The van der Waals surface area contributed by atoms with Gasteiger partial charge in [-0.2, -0.15) is 0 Å². The van der Waals surface area contributed by atoms with Crippen molar-refractivity contribution in [3.05, 3.63) is 71.4 Å². The molecule has 0 saturated heterocycles. The summed E-state index contributed by atoms with van der Waals surface area (Å²) in [5, 5.41) is 4.24. The van der Waals surface area contributed by atoms with E-state index in [1.54, 1.807) is 4.90 Å². The molecular formula is C27H34N4O2. The minimum Gasteiger partial charge on any atom is -0.354 e. The normalized spacial score (nSPS) is 18.1. The topological polar surface area (TPSA) is 57.6 Å². The molecule has 1 aliphatic heterocycles. The van der Waals surface area contributed by atoms with Crippen LogP contribution in [0.15, 0.2) is 54.7 Å². The van der Waals surface area contributed by atoms with Crippen LogP contribution < -0.4 is 5.32 Å². The number of nitrogens with zero attached hydrogens (tertiary/aromatic N) is 3. The van der Waals surface area contributed by atoms with Gasteiger partial charge in [-0.1, -0.05) is 49.7 Å². The summed E-state index contributed by atoms with van der Waals surface area (Å²) in [6, 6.07) is 15.3. The number of hydrogen-bond donors (Lipinski definition) is 1. The van der Waals surface area contributed by atoms with E-state index in [-0.39, 0.29) is 17.9 Å². The summed E-state index contributed by atoms with van der Waals surface area (Å²) in [6.45, 7) is 4.58. The predicted octanol–water partition coefficient (Wildman–Crippen LogP) is 3.94. The van der Waals surface area contributed by atoms with Gasteiger partial charge in [0.15, 0.2) is 0 Å². The third-order valence-corrected chi connectivity index (χ3v) is 6.79. The molecular weight excluding hydrogens is 412 g/mol. The first-order valence-corrected chi connectivity index (χ1v) is 11.8. The van der Waals surface area contributed by atoms with Gasteiger partial charge in [-0.25, -0.2) is 0 Å². The van der Waals surface area contributed by atoms with Crippen LogP contribution in [-0.4, -0.2) is 59.9 Å². The Morgan fingerprint density at radius 3 is 2.55 bits per heavy atom. The highest BCUT2D eigenvalue weighted by atomic mass is 16.2. The molecule has 0 aliphatic carbocycles. The summed E-state index contributed by atoms with van der Waals surface area (Å²) in [5.74, 6) is -0.564. The van der Waals surface area contributed by atoms with Gasteiger partial charge in [0, 0.05) is 55.4 Å². The first-order valence-electron chi connectivity index (χ1n) is 11.8. The number of aryl methyl sites for hydroxylation is 1. The van der Waals surface area contributed by atoms with E-state index in [4.69, 9.17) is 0 Å². The second-order valence-electron chi connectivity index (χ2n) is 9.09. The lowest BCUT2D eigenvalue weighted by Crippen LogP contribution is -2.46. The Labute approximate surface area is 196 Å². The molecule has 2 amide bonds. The summed E-state index contributed by atoms with van der Waals surface area (Å²) in [6.07, 6.45) is 4.37. The van der Waals surface area contributed by atoms with Crippen molar-refractivity contribution in [3.63, 3.8) is 0 Å². The Bertz CT molecular complexity index is 1150.